The summed E-state index contributed by atoms with van der Waals surface area (Å²) in [7, 11) is 1.59. The highest BCUT2D eigenvalue weighted by atomic mass is 16.5. The molecule has 28 heavy (non-hydrogen) atoms. The highest BCUT2D eigenvalue weighted by Crippen LogP contribution is 2.55. The second kappa shape index (κ2) is 5.35. The number of para-hydroxylation sites is 1. The predicted molar refractivity (Wildman–Crippen MR) is 107 cm³/mol. The third-order valence-electron chi connectivity index (χ3n) is 6.22. The molecule has 5 nitrogen and oxygen atoms in total. The molecule has 0 fully saturated rings. The van der Waals surface area contributed by atoms with Crippen LogP contribution in [0.1, 0.15) is 35.8 Å². The lowest BCUT2D eigenvalue weighted by Crippen LogP contribution is -2.15. The first-order chi connectivity index (χ1) is 13.7. The maximum absolute atomic E-state index is 11.0. The van der Waals surface area contributed by atoms with Crippen molar-refractivity contribution in [1.82, 2.24) is 4.57 Å². The van der Waals surface area contributed by atoms with Crippen LogP contribution < -0.4 is 4.74 Å². The molecule has 140 valence electrons. The first-order valence-electron chi connectivity index (χ1n) is 9.51. The number of aromatic hydroxyl groups is 2. The Kier molecular flexibility index (Phi) is 3.00. The minimum Gasteiger partial charge on any atom is -0.495 e. The van der Waals surface area contributed by atoms with E-state index in [2.05, 4.69) is 12.2 Å². The molecule has 2 heterocycles. The van der Waals surface area contributed by atoms with Gasteiger partial charge >= 0.3 is 0 Å². The highest BCUT2D eigenvalue weighted by Gasteiger charge is 2.38. The Bertz CT molecular complexity index is 1260. The molecule has 5 heteroatoms. The molecule has 0 unspecified atom stereocenters. The van der Waals surface area contributed by atoms with Crippen molar-refractivity contribution >= 4 is 21.9 Å². The van der Waals surface area contributed by atoms with Gasteiger partial charge in [-0.15, -0.1) is 0 Å². The second-order valence-electron chi connectivity index (χ2n) is 7.60. The standard InChI is InChI=1S/C23H19NO4/c1-27-19-10-15-14-4-2-3-5-17(14)28-18(15)11-16(19)24-22(25)20-12-6-7-13(9-8-12)21(20)23(24)26/h2-7,10-13,25-26H,8-9H2,1H3/t12-,13+. The van der Waals surface area contributed by atoms with Gasteiger partial charge in [-0.1, -0.05) is 30.4 Å². The van der Waals surface area contributed by atoms with Gasteiger partial charge in [0.1, 0.15) is 16.9 Å². The molecule has 0 spiro atoms. The Hall–Kier alpha value is -3.34. The quantitative estimate of drug-likeness (QED) is 0.466. The zero-order valence-corrected chi connectivity index (χ0v) is 15.3. The normalized spacial score (nSPS) is 20.2. The molecule has 4 aromatic rings. The monoisotopic (exact) mass is 373 g/mol. The summed E-state index contributed by atoms with van der Waals surface area (Å²) in [5.41, 5.74) is 3.71. The molecule has 0 saturated heterocycles. The van der Waals surface area contributed by atoms with Gasteiger partial charge in [0.05, 0.1) is 12.8 Å². The maximum Gasteiger partial charge on any atom is 0.202 e. The van der Waals surface area contributed by atoms with Crippen LogP contribution in [0.3, 0.4) is 0 Å². The number of methoxy groups -OCH3 is 1. The number of hydrogen-bond donors (Lipinski definition) is 2. The first-order valence-corrected chi connectivity index (χ1v) is 9.51. The van der Waals surface area contributed by atoms with Gasteiger partial charge in [-0.25, -0.2) is 4.57 Å². The fourth-order valence-corrected chi connectivity index (χ4v) is 4.92. The minimum absolute atomic E-state index is 0.0836. The molecule has 2 aromatic heterocycles. The number of nitrogens with zero attached hydrogens (tertiary/aromatic N) is 1. The molecule has 2 N–H and O–H groups in total. The molecule has 2 bridgehead atoms. The van der Waals surface area contributed by atoms with Gasteiger partial charge in [0.15, 0.2) is 0 Å². The second-order valence-corrected chi connectivity index (χ2v) is 7.60. The molecule has 0 saturated carbocycles. The Labute approximate surface area is 161 Å². The van der Waals surface area contributed by atoms with E-state index in [1.54, 1.807) is 7.11 Å². The van der Waals surface area contributed by atoms with Crippen molar-refractivity contribution in [2.75, 3.05) is 7.11 Å². The average molecular weight is 373 g/mol. The van der Waals surface area contributed by atoms with E-state index in [0.717, 1.165) is 40.3 Å². The van der Waals surface area contributed by atoms with Crippen molar-refractivity contribution in [3.8, 4) is 23.2 Å². The number of allylic oxidation sites excluding steroid dienone is 2. The van der Waals surface area contributed by atoms with Crippen LogP contribution in [0.25, 0.3) is 27.6 Å². The van der Waals surface area contributed by atoms with Crippen LogP contribution in [0.4, 0.5) is 0 Å². The van der Waals surface area contributed by atoms with Crippen molar-refractivity contribution in [1.29, 1.82) is 0 Å². The van der Waals surface area contributed by atoms with Gasteiger partial charge in [0.25, 0.3) is 0 Å². The predicted octanol–water partition coefficient (Wildman–Crippen LogP) is 5.33. The molecule has 2 aromatic carbocycles. The van der Waals surface area contributed by atoms with Crippen LogP contribution in [0.2, 0.25) is 0 Å². The molecule has 0 aliphatic heterocycles. The van der Waals surface area contributed by atoms with E-state index in [9.17, 15) is 10.2 Å². The van der Waals surface area contributed by atoms with Gasteiger partial charge in [-0.2, -0.15) is 0 Å². The summed E-state index contributed by atoms with van der Waals surface area (Å²) < 4.78 is 13.1. The average Bonchev–Trinajstić information content (AvgIpc) is 3.23. The number of hydrogen-bond acceptors (Lipinski definition) is 4. The molecule has 3 aliphatic carbocycles. The lowest BCUT2D eigenvalue weighted by atomic mass is 9.73. The zero-order valence-electron chi connectivity index (χ0n) is 15.3. The third-order valence-corrected chi connectivity index (χ3v) is 6.22. The Balaban J connectivity index is 1.65. The van der Waals surface area contributed by atoms with Crippen LogP contribution in [0, 0.1) is 0 Å². The van der Waals surface area contributed by atoms with E-state index in [1.165, 1.54) is 4.57 Å². The fourth-order valence-electron chi connectivity index (χ4n) is 4.92. The summed E-state index contributed by atoms with van der Waals surface area (Å²) in [5, 5.41) is 24.0. The number of aromatic nitrogens is 1. The van der Waals surface area contributed by atoms with E-state index in [1.807, 2.05) is 36.4 Å². The van der Waals surface area contributed by atoms with Gasteiger partial charge in [0, 0.05) is 39.8 Å². The number of ether oxygens (including phenoxy) is 1. The molecular formula is C23H19NO4. The van der Waals surface area contributed by atoms with Crippen molar-refractivity contribution in [3.63, 3.8) is 0 Å². The molecular weight excluding hydrogens is 354 g/mol. The topological polar surface area (TPSA) is 67.8 Å². The van der Waals surface area contributed by atoms with Gasteiger partial charge in [-0.3, -0.25) is 0 Å². The lowest BCUT2D eigenvalue weighted by Gasteiger charge is -2.30. The van der Waals surface area contributed by atoms with Crippen LogP contribution in [-0.2, 0) is 0 Å². The number of furan rings is 1. The summed E-state index contributed by atoms with van der Waals surface area (Å²) in [6.45, 7) is 0. The summed E-state index contributed by atoms with van der Waals surface area (Å²) in [6.07, 6.45) is 6.26. The van der Waals surface area contributed by atoms with E-state index in [0.29, 0.717) is 17.0 Å². The molecule has 2 atom stereocenters. The van der Waals surface area contributed by atoms with Gasteiger partial charge < -0.3 is 19.4 Å². The summed E-state index contributed by atoms with van der Waals surface area (Å²) in [4.78, 5) is 0. The highest BCUT2D eigenvalue weighted by molar-refractivity contribution is 6.06. The van der Waals surface area contributed by atoms with Crippen molar-refractivity contribution in [2.24, 2.45) is 0 Å². The van der Waals surface area contributed by atoms with Crippen LogP contribution >= 0.6 is 0 Å². The van der Waals surface area contributed by atoms with E-state index in [4.69, 9.17) is 9.15 Å². The molecule has 0 radical (unpaired) electrons. The summed E-state index contributed by atoms with van der Waals surface area (Å²) in [6, 6.07) is 11.6. The Morgan fingerprint density at radius 1 is 0.929 bits per heavy atom. The fraction of sp³-hybridized carbons (Fsp3) is 0.217. The third kappa shape index (κ3) is 1.86. The first kappa shape index (κ1) is 15.7. The van der Waals surface area contributed by atoms with E-state index < -0.39 is 0 Å². The molecule has 0 amide bonds. The number of rotatable bonds is 2. The maximum atomic E-state index is 11.0. The van der Waals surface area contributed by atoms with Crippen LogP contribution in [-0.4, -0.2) is 21.9 Å². The van der Waals surface area contributed by atoms with Crippen LogP contribution in [0.5, 0.6) is 17.5 Å². The summed E-state index contributed by atoms with van der Waals surface area (Å²) in [5.74, 6) is 1.03. The number of fused-ring (bicyclic) bond motifs is 4. The largest absolute Gasteiger partial charge is 0.495 e. The molecule has 7 rings (SSSR count). The van der Waals surface area contributed by atoms with Gasteiger partial charge in [0.2, 0.25) is 11.8 Å². The van der Waals surface area contributed by atoms with Crippen molar-refractivity contribution in [3.05, 3.63) is 59.7 Å². The number of benzene rings is 2. The Morgan fingerprint density at radius 2 is 1.61 bits per heavy atom. The lowest BCUT2D eigenvalue weighted by molar-refractivity contribution is 0.385. The smallest absolute Gasteiger partial charge is 0.202 e. The zero-order chi connectivity index (χ0) is 19.0. The minimum atomic E-state index is 0.0836. The SMILES string of the molecule is COc1cc2c(cc1-n1c(O)c3c(c1O)[C@H]1C=C[C@@H]3CC1)oc1ccccc12. The summed E-state index contributed by atoms with van der Waals surface area (Å²) >= 11 is 0. The molecule has 3 aliphatic rings. The van der Waals surface area contributed by atoms with Crippen molar-refractivity contribution < 1.29 is 19.4 Å². The Morgan fingerprint density at radius 3 is 2.25 bits per heavy atom. The van der Waals surface area contributed by atoms with Gasteiger partial charge in [-0.05, 0) is 25.0 Å². The van der Waals surface area contributed by atoms with Crippen LogP contribution in [0.15, 0.2) is 53.0 Å². The van der Waals surface area contributed by atoms with E-state index in [-0.39, 0.29) is 23.6 Å². The van der Waals surface area contributed by atoms with Crippen molar-refractivity contribution in [2.45, 2.75) is 24.7 Å². The van der Waals surface area contributed by atoms with E-state index >= 15 is 0 Å².